The molecule has 0 saturated heterocycles. The average molecular weight is 569 g/mol. The third-order valence-corrected chi connectivity index (χ3v) is 9.69. The molecule has 0 fully saturated rings. The van der Waals surface area contributed by atoms with E-state index in [1.54, 1.807) is 21.3 Å². The van der Waals surface area contributed by atoms with Gasteiger partial charge in [-0.3, -0.25) is 0 Å². The van der Waals surface area contributed by atoms with Gasteiger partial charge in [0.15, 0.2) is 5.60 Å². The highest BCUT2D eigenvalue weighted by molar-refractivity contribution is 6.09. The van der Waals surface area contributed by atoms with Crippen LogP contribution >= 0.6 is 0 Å². The molecule has 0 aromatic heterocycles. The van der Waals surface area contributed by atoms with Crippen molar-refractivity contribution in [2.24, 2.45) is 0 Å². The Morgan fingerprint density at radius 2 is 1.23 bits per heavy atom. The Morgan fingerprint density at radius 3 is 1.81 bits per heavy atom. The Balaban J connectivity index is 1.57. The number of hydrogen-bond donors (Lipinski definition) is 0. The molecule has 0 amide bonds. The van der Waals surface area contributed by atoms with E-state index in [0.29, 0.717) is 0 Å². The topological polar surface area (TPSA) is 36.9 Å². The van der Waals surface area contributed by atoms with Crippen molar-refractivity contribution in [2.75, 3.05) is 21.3 Å². The molecular weight excluding hydrogens is 532 g/mol. The van der Waals surface area contributed by atoms with Crippen LogP contribution in [0.5, 0.6) is 23.0 Å². The van der Waals surface area contributed by atoms with E-state index < -0.39 is 5.60 Å². The molecule has 1 aliphatic heterocycles. The zero-order valence-electron chi connectivity index (χ0n) is 25.4. The second-order valence-electron chi connectivity index (χ2n) is 11.4. The van der Waals surface area contributed by atoms with Crippen molar-refractivity contribution >= 4 is 16.8 Å². The molecule has 216 valence electrons. The standard InChI is InChI=1S/C39H36O4/c1-6-38(7-2)34-11-9-8-10-31(34)35-30-21-20-29(42-5)24-33(30)37-32(36(35)38)22-23-39(43-37,25-12-16-27(40-3)17-13-25)26-14-18-28(41-4)19-15-26/h8-24H,6-7H2,1-5H3. The van der Waals surface area contributed by atoms with E-state index in [1.807, 2.05) is 24.3 Å². The molecule has 7 rings (SSSR count). The van der Waals surface area contributed by atoms with Crippen molar-refractivity contribution < 1.29 is 18.9 Å². The van der Waals surface area contributed by atoms with Crippen LogP contribution in [0.1, 0.15) is 54.5 Å². The van der Waals surface area contributed by atoms with Gasteiger partial charge in [0.25, 0.3) is 0 Å². The monoisotopic (exact) mass is 568 g/mol. The molecule has 2 aliphatic rings. The highest BCUT2D eigenvalue weighted by atomic mass is 16.5. The van der Waals surface area contributed by atoms with Gasteiger partial charge >= 0.3 is 0 Å². The summed E-state index contributed by atoms with van der Waals surface area (Å²) < 4.78 is 24.2. The molecule has 0 bridgehead atoms. The first-order valence-corrected chi connectivity index (χ1v) is 15.0. The van der Waals surface area contributed by atoms with E-state index in [4.69, 9.17) is 18.9 Å². The second kappa shape index (κ2) is 10.2. The summed E-state index contributed by atoms with van der Waals surface area (Å²) in [4.78, 5) is 0. The van der Waals surface area contributed by atoms with Gasteiger partial charge in [-0.15, -0.1) is 0 Å². The van der Waals surface area contributed by atoms with Crippen LogP contribution in [0.2, 0.25) is 0 Å². The van der Waals surface area contributed by atoms with Crippen LogP contribution in [0.15, 0.2) is 97.1 Å². The smallest absolute Gasteiger partial charge is 0.178 e. The van der Waals surface area contributed by atoms with Crippen LogP contribution < -0.4 is 18.9 Å². The fourth-order valence-electron chi connectivity index (χ4n) is 7.42. The van der Waals surface area contributed by atoms with Gasteiger partial charge in [-0.1, -0.05) is 68.5 Å². The lowest BCUT2D eigenvalue weighted by Gasteiger charge is -2.39. The van der Waals surface area contributed by atoms with Gasteiger partial charge < -0.3 is 18.9 Å². The molecule has 0 atom stereocenters. The molecule has 4 heteroatoms. The Bertz CT molecular complexity index is 1810. The average Bonchev–Trinajstić information content (AvgIpc) is 3.38. The summed E-state index contributed by atoms with van der Waals surface area (Å²) in [5.41, 5.74) is 7.57. The SMILES string of the molecule is CCC1(CC)c2ccccc2-c2c1c1c(c3cc(OC)ccc23)OC(c2ccc(OC)cc2)(c2ccc(OC)cc2)C=C1. The number of methoxy groups -OCH3 is 3. The predicted octanol–water partition coefficient (Wildman–Crippen LogP) is 9.30. The third-order valence-electron chi connectivity index (χ3n) is 9.69. The Labute approximate surface area is 253 Å². The van der Waals surface area contributed by atoms with Crippen LogP contribution in [-0.2, 0) is 11.0 Å². The summed E-state index contributed by atoms with van der Waals surface area (Å²) in [7, 11) is 5.09. The van der Waals surface area contributed by atoms with Crippen molar-refractivity contribution in [3.63, 3.8) is 0 Å². The highest BCUT2D eigenvalue weighted by Gasteiger charge is 2.46. The van der Waals surface area contributed by atoms with Gasteiger partial charge in [0.05, 0.1) is 21.3 Å². The molecule has 4 nitrogen and oxygen atoms in total. The molecular formula is C39H36O4. The number of ether oxygens (including phenoxy) is 4. The fraction of sp³-hybridized carbons (Fsp3) is 0.231. The number of hydrogen-bond acceptors (Lipinski definition) is 4. The van der Waals surface area contributed by atoms with Gasteiger partial charge in [-0.25, -0.2) is 0 Å². The predicted molar refractivity (Wildman–Crippen MR) is 174 cm³/mol. The largest absolute Gasteiger partial charge is 0.497 e. The minimum atomic E-state index is -0.873. The molecule has 0 N–H and O–H groups in total. The van der Waals surface area contributed by atoms with Crippen LogP contribution in [0, 0.1) is 0 Å². The number of benzene rings is 5. The summed E-state index contributed by atoms with van der Waals surface area (Å²) in [5.74, 6) is 3.28. The Hall–Kier alpha value is -4.70. The molecule has 0 unspecified atom stereocenters. The maximum absolute atomic E-state index is 7.43. The van der Waals surface area contributed by atoms with Crippen molar-refractivity contribution in [2.45, 2.75) is 37.7 Å². The first kappa shape index (κ1) is 27.2. The first-order chi connectivity index (χ1) is 21.0. The normalized spacial score (nSPS) is 15.3. The first-order valence-electron chi connectivity index (χ1n) is 15.0. The van der Waals surface area contributed by atoms with E-state index in [-0.39, 0.29) is 5.41 Å². The zero-order chi connectivity index (χ0) is 29.8. The molecule has 43 heavy (non-hydrogen) atoms. The van der Waals surface area contributed by atoms with Gasteiger partial charge in [0.1, 0.15) is 23.0 Å². The van der Waals surface area contributed by atoms with Gasteiger partial charge in [0.2, 0.25) is 0 Å². The van der Waals surface area contributed by atoms with Gasteiger partial charge in [0, 0.05) is 27.5 Å². The van der Waals surface area contributed by atoms with Crippen molar-refractivity contribution in [1.29, 1.82) is 0 Å². The molecule has 5 aromatic carbocycles. The second-order valence-corrected chi connectivity index (χ2v) is 11.4. The molecule has 0 saturated carbocycles. The highest BCUT2D eigenvalue weighted by Crippen LogP contribution is 2.60. The molecule has 0 spiro atoms. The Morgan fingerprint density at radius 1 is 0.651 bits per heavy atom. The van der Waals surface area contributed by atoms with E-state index in [1.165, 1.54) is 27.6 Å². The molecule has 1 aliphatic carbocycles. The summed E-state index contributed by atoms with van der Waals surface area (Å²) in [6, 6.07) is 31.7. The Kier molecular flexibility index (Phi) is 6.46. The summed E-state index contributed by atoms with van der Waals surface area (Å²) in [6.07, 6.45) is 6.52. The van der Waals surface area contributed by atoms with E-state index in [2.05, 4.69) is 92.7 Å². The minimum absolute atomic E-state index is 0.113. The third kappa shape index (κ3) is 3.82. The van der Waals surface area contributed by atoms with Crippen molar-refractivity contribution in [3.05, 3.63) is 125 Å². The lowest BCUT2D eigenvalue weighted by molar-refractivity contribution is 0.163. The maximum Gasteiger partial charge on any atom is 0.178 e. The van der Waals surface area contributed by atoms with Gasteiger partial charge in [-0.2, -0.15) is 0 Å². The van der Waals surface area contributed by atoms with E-state index in [9.17, 15) is 0 Å². The zero-order valence-corrected chi connectivity index (χ0v) is 25.4. The van der Waals surface area contributed by atoms with Crippen LogP contribution in [0.3, 0.4) is 0 Å². The van der Waals surface area contributed by atoms with Gasteiger partial charge in [-0.05, 0) is 89.0 Å². The number of fused-ring (bicyclic) bond motifs is 8. The summed E-state index contributed by atoms with van der Waals surface area (Å²) >= 11 is 0. The van der Waals surface area contributed by atoms with Crippen LogP contribution in [0.4, 0.5) is 0 Å². The van der Waals surface area contributed by atoms with Crippen LogP contribution in [0.25, 0.3) is 28.0 Å². The molecule has 0 radical (unpaired) electrons. The number of rotatable bonds is 7. The quantitative estimate of drug-likeness (QED) is 0.196. The van der Waals surface area contributed by atoms with E-state index >= 15 is 0 Å². The summed E-state index contributed by atoms with van der Waals surface area (Å²) in [6.45, 7) is 4.62. The molecule has 5 aromatic rings. The maximum atomic E-state index is 7.43. The summed E-state index contributed by atoms with van der Waals surface area (Å²) in [5, 5.41) is 2.22. The van der Waals surface area contributed by atoms with E-state index in [0.717, 1.165) is 57.9 Å². The van der Waals surface area contributed by atoms with Crippen molar-refractivity contribution in [3.8, 4) is 34.1 Å². The van der Waals surface area contributed by atoms with Crippen LogP contribution in [-0.4, -0.2) is 21.3 Å². The minimum Gasteiger partial charge on any atom is -0.497 e. The fourth-order valence-corrected chi connectivity index (χ4v) is 7.42. The van der Waals surface area contributed by atoms with Crippen molar-refractivity contribution in [1.82, 2.24) is 0 Å². The molecule has 1 heterocycles. The lowest BCUT2D eigenvalue weighted by atomic mass is 9.71. The lowest BCUT2D eigenvalue weighted by Crippen LogP contribution is -2.35.